The molecule has 1 aromatic rings. The first kappa shape index (κ1) is 12.3. The summed E-state index contributed by atoms with van der Waals surface area (Å²) in [5, 5.41) is 0. The zero-order valence-corrected chi connectivity index (χ0v) is 9.83. The van der Waals surface area contributed by atoms with E-state index < -0.39 is 0 Å². The van der Waals surface area contributed by atoms with Gasteiger partial charge in [0, 0.05) is 17.9 Å². The zero-order valence-electron chi connectivity index (χ0n) is 9.83. The molecule has 0 aliphatic rings. The third-order valence-electron chi connectivity index (χ3n) is 1.96. The Kier molecular flexibility index (Phi) is 5.52. The van der Waals surface area contributed by atoms with E-state index in [2.05, 4.69) is 50.6 Å². The van der Waals surface area contributed by atoms with Crippen LogP contribution in [0.15, 0.2) is 18.3 Å². The summed E-state index contributed by atoms with van der Waals surface area (Å²) >= 11 is 0. The average molecular weight is 181 g/mol. The van der Waals surface area contributed by atoms with Gasteiger partial charge in [0.05, 0.1) is 0 Å². The van der Waals surface area contributed by atoms with Crippen molar-refractivity contribution in [2.45, 2.75) is 53.5 Å². The Hall–Kier alpha value is -0.720. The number of rotatable bonds is 2. The largest absolute Gasteiger partial charge is 0.349 e. The maximum absolute atomic E-state index is 2.32. The van der Waals surface area contributed by atoms with Gasteiger partial charge in [0.1, 0.15) is 0 Å². The fourth-order valence-corrected chi connectivity index (χ4v) is 1.37. The van der Waals surface area contributed by atoms with E-state index in [4.69, 9.17) is 0 Å². The molecule has 0 saturated heterocycles. The van der Waals surface area contributed by atoms with Gasteiger partial charge in [-0.1, -0.05) is 27.7 Å². The van der Waals surface area contributed by atoms with Crippen molar-refractivity contribution in [3.63, 3.8) is 0 Å². The standard InChI is InChI=1S/C10H17N.C2H6/c1-8(2)10-6-5-7-11(10)9(3)4;1-2/h5-9H,1-4H3;1-2H3. The quantitative estimate of drug-likeness (QED) is 0.644. The van der Waals surface area contributed by atoms with Crippen LogP contribution in [0.3, 0.4) is 0 Å². The molecule has 1 aromatic heterocycles. The van der Waals surface area contributed by atoms with Crippen LogP contribution in [0.25, 0.3) is 0 Å². The molecular weight excluding hydrogens is 158 g/mol. The highest BCUT2D eigenvalue weighted by Gasteiger charge is 2.06. The van der Waals surface area contributed by atoms with Crippen LogP contribution in [-0.2, 0) is 0 Å². The smallest absolute Gasteiger partial charge is 0.0276 e. The molecular formula is C12H23N. The lowest BCUT2D eigenvalue weighted by atomic mass is 10.1. The van der Waals surface area contributed by atoms with Crippen molar-refractivity contribution >= 4 is 0 Å². The number of hydrogen-bond donors (Lipinski definition) is 0. The molecule has 0 amide bonds. The van der Waals surface area contributed by atoms with Crippen molar-refractivity contribution in [2.75, 3.05) is 0 Å². The topological polar surface area (TPSA) is 4.93 Å². The molecule has 0 saturated carbocycles. The maximum atomic E-state index is 2.32. The Bertz CT molecular complexity index is 198. The maximum Gasteiger partial charge on any atom is 0.0276 e. The molecule has 0 spiro atoms. The molecule has 1 rings (SSSR count). The molecule has 0 fully saturated rings. The molecule has 0 bridgehead atoms. The van der Waals surface area contributed by atoms with Crippen molar-refractivity contribution < 1.29 is 0 Å². The molecule has 13 heavy (non-hydrogen) atoms. The van der Waals surface area contributed by atoms with E-state index in [-0.39, 0.29) is 0 Å². The van der Waals surface area contributed by atoms with Crippen LogP contribution in [0.5, 0.6) is 0 Å². The second-order valence-electron chi connectivity index (χ2n) is 3.59. The Morgan fingerprint density at radius 3 is 1.92 bits per heavy atom. The van der Waals surface area contributed by atoms with Crippen LogP contribution in [0.2, 0.25) is 0 Å². The minimum atomic E-state index is 0.586. The van der Waals surface area contributed by atoms with Crippen LogP contribution in [0.1, 0.15) is 59.2 Å². The highest BCUT2D eigenvalue weighted by atomic mass is 15.0. The van der Waals surface area contributed by atoms with E-state index in [0.29, 0.717) is 12.0 Å². The van der Waals surface area contributed by atoms with Crippen molar-refractivity contribution in [3.05, 3.63) is 24.0 Å². The van der Waals surface area contributed by atoms with Gasteiger partial charge >= 0.3 is 0 Å². The normalized spacial score (nSPS) is 10.2. The molecule has 0 aliphatic carbocycles. The van der Waals surface area contributed by atoms with Crippen molar-refractivity contribution in [1.29, 1.82) is 0 Å². The molecule has 1 nitrogen and oxygen atoms in total. The predicted molar refractivity (Wildman–Crippen MR) is 60.3 cm³/mol. The van der Waals surface area contributed by atoms with Gasteiger partial charge in [0.25, 0.3) is 0 Å². The fraction of sp³-hybridized carbons (Fsp3) is 0.667. The summed E-state index contributed by atoms with van der Waals surface area (Å²) in [5.74, 6) is 0.632. The van der Waals surface area contributed by atoms with Gasteiger partial charge in [-0.05, 0) is 31.9 Å². The van der Waals surface area contributed by atoms with E-state index in [1.165, 1.54) is 5.69 Å². The Morgan fingerprint density at radius 1 is 1.08 bits per heavy atom. The predicted octanol–water partition coefficient (Wildman–Crippen LogP) is 4.22. The minimum Gasteiger partial charge on any atom is -0.349 e. The van der Waals surface area contributed by atoms with Gasteiger partial charge < -0.3 is 4.57 Å². The number of hydrogen-bond acceptors (Lipinski definition) is 0. The summed E-state index contributed by atoms with van der Waals surface area (Å²) in [5.41, 5.74) is 1.43. The summed E-state index contributed by atoms with van der Waals surface area (Å²) < 4.78 is 2.32. The molecule has 0 aromatic carbocycles. The van der Waals surface area contributed by atoms with Crippen LogP contribution in [0.4, 0.5) is 0 Å². The number of aromatic nitrogens is 1. The molecule has 0 N–H and O–H groups in total. The van der Waals surface area contributed by atoms with E-state index in [1.807, 2.05) is 13.8 Å². The molecule has 0 atom stereocenters. The van der Waals surface area contributed by atoms with Gasteiger partial charge in [0.2, 0.25) is 0 Å². The monoisotopic (exact) mass is 181 g/mol. The van der Waals surface area contributed by atoms with Crippen molar-refractivity contribution in [3.8, 4) is 0 Å². The lowest BCUT2D eigenvalue weighted by Gasteiger charge is -2.14. The van der Waals surface area contributed by atoms with E-state index in [9.17, 15) is 0 Å². The van der Waals surface area contributed by atoms with Crippen LogP contribution in [-0.4, -0.2) is 4.57 Å². The lowest BCUT2D eigenvalue weighted by Crippen LogP contribution is -2.04. The summed E-state index contributed by atoms with van der Waals surface area (Å²) in [6.07, 6.45) is 2.15. The van der Waals surface area contributed by atoms with Gasteiger partial charge in [-0.3, -0.25) is 0 Å². The molecule has 0 aliphatic heterocycles. The van der Waals surface area contributed by atoms with Gasteiger partial charge in [0.15, 0.2) is 0 Å². The van der Waals surface area contributed by atoms with Crippen LogP contribution < -0.4 is 0 Å². The third kappa shape index (κ3) is 3.25. The summed E-state index contributed by atoms with van der Waals surface area (Å²) in [6.45, 7) is 12.9. The molecule has 1 heterocycles. The molecule has 0 radical (unpaired) electrons. The summed E-state index contributed by atoms with van der Waals surface area (Å²) in [7, 11) is 0. The second kappa shape index (κ2) is 5.85. The minimum absolute atomic E-state index is 0.586. The first-order valence-corrected chi connectivity index (χ1v) is 5.29. The highest BCUT2D eigenvalue weighted by molar-refractivity contribution is 5.11. The van der Waals surface area contributed by atoms with Gasteiger partial charge in [-0.25, -0.2) is 0 Å². The molecule has 76 valence electrons. The first-order chi connectivity index (χ1) is 6.13. The highest BCUT2D eigenvalue weighted by Crippen LogP contribution is 2.18. The van der Waals surface area contributed by atoms with Crippen LogP contribution >= 0.6 is 0 Å². The third-order valence-corrected chi connectivity index (χ3v) is 1.96. The van der Waals surface area contributed by atoms with Crippen molar-refractivity contribution in [1.82, 2.24) is 4.57 Å². The second-order valence-corrected chi connectivity index (χ2v) is 3.59. The van der Waals surface area contributed by atoms with E-state index in [1.54, 1.807) is 0 Å². The Balaban J connectivity index is 0.000000671. The Morgan fingerprint density at radius 2 is 1.62 bits per heavy atom. The van der Waals surface area contributed by atoms with Crippen molar-refractivity contribution in [2.24, 2.45) is 0 Å². The summed E-state index contributed by atoms with van der Waals surface area (Å²) in [4.78, 5) is 0. The molecule has 0 unspecified atom stereocenters. The zero-order chi connectivity index (χ0) is 10.4. The van der Waals surface area contributed by atoms with Gasteiger partial charge in [-0.15, -0.1) is 0 Å². The fourth-order valence-electron chi connectivity index (χ4n) is 1.37. The Labute approximate surface area is 82.8 Å². The van der Waals surface area contributed by atoms with Crippen LogP contribution in [0, 0.1) is 0 Å². The summed E-state index contributed by atoms with van der Waals surface area (Å²) in [6, 6.07) is 4.90. The first-order valence-electron chi connectivity index (χ1n) is 5.29. The lowest BCUT2D eigenvalue weighted by molar-refractivity contribution is 0.560. The molecule has 1 heteroatoms. The SMILES string of the molecule is CC.CC(C)c1cccn1C(C)C. The average Bonchev–Trinajstić information content (AvgIpc) is 2.55. The number of nitrogens with zero attached hydrogens (tertiary/aromatic N) is 1. The van der Waals surface area contributed by atoms with E-state index in [0.717, 1.165) is 0 Å². The van der Waals surface area contributed by atoms with Gasteiger partial charge in [-0.2, -0.15) is 0 Å². The van der Waals surface area contributed by atoms with E-state index >= 15 is 0 Å².